The molecule has 0 radical (unpaired) electrons. The van der Waals surface area contributed by atoms with Crippen molar-refractivity contribution in [1.29, 1.82) is 0 Å². The van der Waals surface area contributed by atoms with Crippen molar-refractivity contribution < 1.29 is 10.2 Å². The molecular weight excluding hydrogens is 288 g/mol. The van der Waals surface area contributed by atoms with Gasteiger partial charge < -0.3 is 21.7 Å². The van der Waals surface area contributed by atoms with E-state index in [1.165, 1.54) is 12.8 Å². The van der Waals surface area contributed by atoms with Crippen LogP contribution in [0.25, 0.3) is 0 Å². The summed E-state index contributed by atoms with van der Waals surface area (Å²) in [5.41, 5.74) is 14.7. The van der Waals surface area contributed by atoms with Crippen molar-refractivity contribution in [2.75, 3.05) is 11.5 Å². The summed E-state index contributed by atoms with van der Waals surface area (Å²) in [6.07, 6.45) is 6.76. The lowest BCUT2D eigenvalue weighted by Crippen LogP contribution is -2.27. The minimum absolute atomic E-state index is 0.114. The van der Waals surface area contributed by atoms with Crippen LogP contribution in [0.1, 0.15) is 49.7 Å². The smallest absolute Gasteiger partial charge is 0.138 e. The van der Waals surface area contributed by atoms with Crippen LogP contribution in [0.15, 0.2) is 36.4 Å². The van der Waals surface area contributed by atoms with Crippen molar-refractivity contribution in [1.82, 2.24) is 0 Å². The Bertz CT molecular complexity index is 651. The maximum atomic E-state index is 9.75. The van der Waals surface area contributed by atoms with Crippen molar-refractivity contribution >= 4 is 11.4 Å². The van der Waals surface area contributed by atoms with E-state index >= 15 is 0 Å². The summed E-state index contributed by atoms with van der Waals surface area (Å²) in [6.45, 7) is 0. The molecule has 0 amide bonds. The molecule has 4 nitrogen and oxygen atoms in total. The third kappa shape index (κ3) is 2.81. The summed E-state index contributed by atoms with van der Waals surface area (Å²) < 4.78 is 0. The maximum absolute atomic E-state index is 9.75. The van der Waals surface area contributed by atoms with Crippen LogP contribution >= 0.6 is 0 Å². The van der Waals surface area contributed by atoms with E-state index in [0.29, 0.717) is 11.4 Å². The molecule has 0 saturated heterocycles. The zero-order valence-electron chi connectivity index (χ0n) is 13.3. The molecule has 1 aliphatic carbocycles. The van der Waals surface area contributed by atoms with E-state index in [0.717, 1.165) is 36.8 Å². The van der Waals surface area contributed by atoms with Gasteiger partial charge in [0.1, 0.15) is 11.5 Å². The predicted octanol–water partition coefficient (Wildman–Crippen LogP) is 3.90. The summed E-state index contributed by atoms with van der Waals surface area (Å²) in [5.74, 6) is 0.227. The van der Waals surface area contributed by atoms with Gasteiger partial charge in [0, 0.05) is 5.41 Å². The molecule has 6 N–H and O–H groups in total. The minimum atomic E-state index is -0.167. The minimum Gasteiger partial charge on any atom is -0.506 e. The lowest BCUT2D eigenvalue weighted by Gasteiger charge is -2.35. The number of benzene rings is 2. The molecule has 0 aromatic heterocycles. The molecule has 2 aromatic carbocycles. The van der Waals surface area contributed by atoms with Gasteiger partial charge in [0.05, 0.1) is 11.4 Å². The highest BCUT2D eigenvalue weighted by Gasteiger charge is 2.35. The summed E-state index contributed by atoms with van der Waals surface area (Å²) in [4.78, 5) is 0. The number of aromatic hydroxyl groups is 2. The molecule has 2 aromatic rings. The Morgan fingerprint density at radius 3 is 1.52 bits per heavy atom. The van der Waals surface area contributed by atoms with Gasteiger partial charge in [-0.2, -0.15) is 0 Å². The average Bonchev–Trinajstić information content (AvgIpc) is 2.79. The molecule has 1 aliphatic rings. The zero-order valence-corrected chi connectivity index (χ0v) is 13.3. The van der Waals surface area contributed by atoms with E-state index in [1.54, 1.807) is 12.1 Å². The van der Waals surface area contributed by atoms with Crippen LogP contribution in [0.4, 0.5) is 11.4 Å². The summed E-state index contributed by atoms with van der Waals surface area (Å²) in [6, 6.07) is 11.0. The first-order valence-electron chi connectivity index (χ1n) is 8.21. The molecule has 1 fully saturated rings. The first-order chi connectivity index (χ1) is 11.0. The van der Waals surface area contributed by atoms with Gasteiger partial charge >= 0.3 is 0 Å². The fourth-order valence-electron chi connectivity index (χ4n) is 3.78. The highest BCUT2D eigenvalue weighted by atomic mass is 16.3. The van der Waals surface area contributed by atoms with Gasteiger partial charge in [0.25, 0.3) is 0 Å². The molecular formula is C19H24N2O2. The fourth-order valence-corrected chi connectivity index (χ4v) is 3.78. The molecule has 0 aliphatic heterocycles. The number of hydrogen-bond donors (Lipinski definition) is 4. The van der Waals surface area contributed by atoms with E-state index in [-0.39, 0.29) is 16.9 Å². The first-order valence-corrected chi connectivity index (χ1v) is 8.21. The summed E-state index contributed by atoms with van der Waals surface area (Å²) >= 11 is 0. The van der Waals surface area contributed by atoms with Gasteiger partial charge in [-0.3, -0.25) is 0 Å². The fraction of sp³-hybridized carbons (Fsp3) is 0.368. The van der Waals surface area contributed by atoms with Crippen molar-refractivity contribution in [2.24, 2.45) is 0 Å². The zero-order chi connectivity index (χ0) is 16.4. The van der Waals surface area contributed by atoms with Crippen LogP contribution < -0.4 is 11.5 Å². The van der Waals surface area contributed by atoms with Crippen LogP contribution in [-0.4, -0.2) is 10.2 Å². The first kappa shape index (κ1) is 15.5. The number of anilines is 2. The quantitative estimate of drug-likeness (QED) is 0.384. The van der Waals surface area contributed by atoms with Gasteiger partial charge in [-0.25, -0.2) is 0 Å². The van der Waals surface area contributed by atoms with Gasteiger partial charge in [-0.15, -0.1) is 0 Å². The van der Waals surface area contributed by atoms with Crippen molar-refractivity contribution in [2.45, 2.75) is 43.9 Å². The highest BCUT2D eigenvalue weighted by Crippen LogP contribution is 2.46. The predicted molar refractivity (Wildman–Crippen MR) is 93.5 cm³/mol. The molecule has 0 atom stereocenters. The Hall–Kier alpha value is -2.36. The van der Waals surface area contributed by atoms with E-state index < -0.39 is 0 Å². The van der Waals surface area contributed by atoms with Gasteiger partial charge in [0.2, 0.25) is 0 Å². The second-order valence-corrected chi connectivity index (χ2v) is 6.54. The van der Waals surface area contributed by atoms with Gasteiger partial charge in [-0.05, 0) is 48.2 Å². The second-order valence-electron chi connectivity index (χ2n) is 6.54. The largest absolute Gasteiger partial charge is 0.506 e. The molecule has 0 bridgehead atoms. The number of nitrogen functional groups attached to an aromatic ring is 2. The summed E-state index contributed by atoms with van der Waals surface area (Å²) in [5, 5.41) is 19.5. The molecule has 0 unspecified atom stereocenters. The maximum Gasteiger partial charge on any atom is 0.138 e. The molecule has 122 valence electrons. The second kappa shape index (κ2) is 6.03. The number of nitrogens with two attached hydrogens (primary N) is 2. The van der Waals surface area contributed by atoms with Crippen molar-refractivity contribution in [3.8, 4) is 11.5 Å². The lowest BCUT2D eigenvalue weighted by molar-refractivity contribution is 0.441. The Morgan fingerprint density at radius 1 is 0.696 bits per heavy atom. The number of hydrogen-bond acceptors (Lipinski definition) is 4. The Balaban J connectivity index is 2.16. The van der Waals surface area contributed by atoms with Crippen LogP contribution in [-0.2, 0) is 5.41 Å². The van der Waals surface area contributed by atoms with E-state index in [2.05, 4.69) is 0 Å². The van der Waals surface area contributed by atoms with Gasteiger partial charge in [0.15, 0.2) is 0 Å². The molecule has 23 heavy (non-hydrogen) atoms. The van der Waals surface area contributed by atoms with E-state index in [1.807, 2.05) is 24.3 Å². The third-order valence-electron chi connectivity index (χ3n) is 5.12. The standard InChI is InChI=1S/C19H24N2O2/c20-15-11-13(5-7-17(15)22)19(9-3-1-2-4-10-19)14-6-8-18(23)16(21)12-14/h5-8,11-12,22-23H,1-4,9-10,20-21H2. The van der Waals surface area contributed by atoms with Crippen LogP contribution in [0.5, 0.6) is 11.5 Å². The Kier molecular flexibility index (Phi) is 4.07. The van der Waals surface area contributed by atoms with Crippen LogP contribution in [0.3, 0.4) is 0 Å². The molecule has 1 saturated carbocycles. The molecule has 3 rings (SSSR count). The Labute approximate surface area is 136 Å². The molecule has 0 heterocycles. The average molecular weight is 312 g/mol. The number of phenolic OH excluding ortho intramolecular Hbond substituents is 2. The Morgan fingerprint density at radius 2 is 1.13 bits per heavy atom. The molecule has 4 heteroatoms. The van der Waals surface area contributed by atoms with Crippen LogP contribution in [0.2, 0.25) is 0 Å². The third-order valence-corrected chi connectivity index (χ3v) is 5.12. The number of rotatable bonds is 2. The topological polar surface area (TPSA) is 92.5 Å². The van der Waals surface area contributed by atoms with Crippen molar-refractivity contribution in [3.05, 3.63) is 47.5 Å². The SMILES string of the molecule is Nc1cc(C2(c3ccc(O)c(N)c3)CCCCCC2)ccc1O. The highest BCUT2D eigenvalue weighted by molar-refractivity contribution is 5.59. The van der Waals surface area contributed by atoms with Crippen molar-refractivity contribution in [3.63, 3.8) is 0 Å². The normalized spacial score (nSPS) is 17.6. The summed E-state index contributed by atoms with van der Waals surface area (Å²) in [7, 11) is 0. The van der Waals surface area contributed by atoms with E-state index in [4.69, 9.17) is 11.5 Å². The van der Waals surface area contributed by atoms with Gasteiger partial charge in [-0.1, -0.05) is 37.8 Å². The monoisotopic (exact) mass is 312 g/mol. The lowest BCUT2D eigenvalue weighted by atomic mass is 9.69. The molecule has 0 spiro atoms. The number of phenols is 2. The van der Waals surface area contributed by atoms with E-state index in [9.17, 15) is 10.2 Å². The van der Waals surface area contributed by atoms with Crippen LogP contribution in [0, 0.1) is 0 Å².